The number of sulfonamides is 1. The Morgan fingerprint density at radius 3 is 2.53 bits per heavy atom. The molecule has 2 fully saturated rings. The van der Waals surface area contributed by atoms with Gasteiger partial charge in [-0.25, -0.2) is 13.2 Å². The molecule has 30 heavy (non-hydrogen) atoms. The topological polar surface area (TPSA) is 105 Å². The van der Waals surface area contributed by atoms with Crippen LogP contribution >= 0.6 is 0 Å². The number of carbonyl (C=O) groups is 1. The summed E-state index contributed by atoms with van der Waals surface area (Å²) in [6, 6.07) is 0. The van der Waals surface area contributed by atoms with Crippen LogP contribution in [0.5, 0.6) is 0 Å². The Kier molecular flexibility index (Phi) is 8.25. The van der Waals surface area contributed by atoms with Crippen LogP contribution in [-0.4, -0.2) is 89.3 Å². The van der Waals surface area contributed by atoms with Gasteiger partial charge in [-0.15, -0.1) is 0 Å². The first-order chi connectivity index (χ1) is 13.9. The van der Waals surface area contributed by atoms with E-state index in [1.807, 2.05) is 26.4 Å². The van der Waals surface area contributed by atoms with Crippen molar-refractivity contribution >= 4 is 16.0 Å². The number of aliphatic carboxylic acids is 1. The predicted octanol–water partition coefficient (Wildman–Crippen LogP) is 0.926. The van der Waals surface area contributed by atoms with Crippen LogP contribution in [0.2, 0.25) is 0 Å². The van der Waals surface area contributed by atoms with Gasteiger partial charge in [0, 0.05) is 57.4 Å². The second kappa shape index (κ2) is 10.1. The van der Waals surface area contributed by atoms with Gasteiger partial charge in [-0.3, -0.25) is 9.58 Å². The number of hydrogen-bond donors (Lipinski definition) is 1. The zero-order valence-electron chi connectivity index (χ0n) is 16.9. The standard InChI is InChI=1S/C15H26N4O3S.C2HF3O2/c1-3-6-23(20,21)19-11-14-10-18(4-5-22-15(14)12-19)9-13-7-16-17(2)8-13;3-2(4,5)1(6)7/h7-8,14-15H,3-6,9-12H2,1-2H3;(H,6,7)/t14-,15+;/m0./s1. The zero-order valence-corrected chi connectivity index (χ0v) is 17.7. The Morgan fingerprint density at radius 2 is 2.00 bits per heavy atom. The lowest BCUT2D eigenvalue weighted by Gasteiger charge is -2.22. The van der Waals surface area contributed by atoms with Crippen LogP contribution < -0.4 is 0 Å². The fourth-order valence-electron chi connectivity index (χ4n) is 3.49. The van der Waals surface area contributed by atoms with Gasteiger partial charge >= 0.3 is 12.1 Å². The second-order valence-electron chi connectivity index (χ2n) is 7.36. The largest absolute Gasteiger partial charge is 0.490 e. The molecule has 0 saturated carbocycles. The van der Waals surface area contributed by atoms with Crippen molar-refractivity contribution in [1.82, 2.24) is 19.0 Å². The van der Waals surface area contributed by atoms with Crippen molar-refractivity contribution in [3.8, 4) is 0 Å². The van der Waals surface area contributed by atoms with Gasteiger partial charge < -0.3 is 9.84 Å². The minimum absolute atomic E-state index is 0.0283. The molecule has 1 aromatic heterocycles. The molecule has 0 unspecified atom stereocenters. The highest BCUT2D eigenvalue weighted by Gasteiger charge is 2.41. The van der Waals surface area contributed by atoms with E-state index in [-0.39, 0.29) is 17.8 Å². The summed E-state index contributed by atoms with van der Waals surface area (Å²) < 4.78 is 65.7. The van der Waals surface area contributed by atoms with Crippen molar-refractivity contribution < 1.29 is 36.2 Å². The van der Waals surface area contributed by atoms with Gasteiger partial charge in [0.05, 0.1) is 24.7 Å². The lowest BCUT2D eigenvalue weighted by Crippen LogP contribution is -2.34. The number of aryl methyl sites for hydroxylation is 1. The molecule has 0 radical (unpaired) electrons. The predicted molar refractivity (Wildman–Crippen MR) is 101 cm³/mol. The number of alkyl halides is 3. The van der Waals surface area contributed by atoms with E-state index in [9.17, 15) is 21.6 Å². The smallest absolute Gasteiger partial charge is 0.475 e. The molecule has 9 nitrogen and oxygen atoms in total. The van der Waals surface area contributed by atoms with Crippen molar-refractivity contribution in [3.63, 3.8) is 0 Å². The average molecular weight is 456 g/mol. The molecule has 1 aromatic rings. The monoisotopic (exact) mass is 456 g/mol. The van der Waals surface area contributed by atoms with Crippen LogP contribution in [0.15, 0.2) is 12.4 Å². The third-order valence-electron chi connectivity index (χ3n) is 4.84. The summed E-state index contributed by atoms with van der Waals surface area (Å²) in [5.41, 5.74) is 1.18. The molecule has 2 saturated heterocycles. The van der Waals surface area contributed by atoms with Crippen molar-refractivity contribution in [2.45, 2.75) is 32.2 Å². The quantitative estimate of drug-likeness (QED) is 0.703. The highest BCUT2D eigenvalue weighted by molar-refractivity contribution is 7.89. The molecule has 1 N–H and O–H groups in total. The van der Waals surface area contributed by atoms with E-state index in [0.717, 1.165) is 19.6 Å². The van der Waals surface area contributed by atoms with Crippen LogP contribution in [0.25, 0.3) is 0 Å². The van der Waals surface area contributed by atoms with E-state index < -0.39 is 22.2 Å². The number of aromatic nitrogens is 2. The van der Waals surface area contributed by atoms with Gasteiger partial charge in [0.2, 0.25) is 10.0 Å². The van der Waals surface area contributed by atoms with E-state index in [0.29, 0.717) is 26.1 Å². The fourth-order valence-corrected chi connectivity index (χ4v) is 5.06. The van der Waals surface area contributed by atoms with E-state index in [1.165, 1.54) is 5.56 Å². The summed E-state index contributed by atoms with van der Waals surface area (Å²) in [4.78, 5) is 11.2. The molecule has 2 aliphatic heterocycles. The normalized spacial score (nSPS) is 23.4. The first-order valence-electron chi connectivity index (χ1n) is 9.51. The van der Waals surface area contributed by atoms with E-state index in [2.05, 4.69) is 10.00 Å². The molecule has 0 spiro atoms. The number of nitrogens with zero attached hydrogens (tertiary/aromatic N) is 4. The minimum atomic E-state index is -5.08. The summed E-state index contributed by atoms with van der Waals surface area (Å²) in [6.45, 7) is 6.23. The number of carboxylic acid groups (broad SMARTS) is 1. The molecule has 0 bridgehead atoms. The second-order valence-corrected chi connectivity index (χ2v) is 9.45. The summed E-state index contributed by atoms with van der Waals surface area (Å²) in [6.07, 6.45) is -0.492. The van der Waals surface area contributed by atoms with E-state index >= 15 is 0 Å². The van der Waals surface area contributed by atoms with Gasteiger partial charge in [0.1, 0.15) is 0 Å². The number of rotatable bonds is 5. The number of halogens is 3. The maximum Gasteiger partial charge on any atom is 0.490 e. The molecule has 0 amide bonds. The van der Waals surface area contributed by atoms with Crippen LogP contribution in [0, 0.1) is 5.92 Å². The van der Waals surface area contributed by atoms with E-state index in [4.69, 9.17) is 14.6 Å². The summed E-state index contributed by atoms with van der Waals surface area (Å²) in [5, 5.41) is 11.3. The Labute approximate surface area is 173 Å². The van der Waals surface area contributed by atoms with Crippen LogP contribution in [0.1, 0.15) is 18.9 Å². The molecular formula is C17H27F3N4O5S. The molecule has 0 aromatic carbocycles. The Balaban J connectivity index is 0.000000396. The molecule has 0 aliphatic carbocycles. The third-order valence-corrected chi connectivity index (χ3v) is 6.85. The lowest BCUT2D eigenvalue weighted by atomic mass is 10.1. The molecule has 2 aliphatic rings. The highest BCUT2D eigenvalue weighted by atomic mass is 32.2. The van der Waals surface area contributed by atoms with Gasteiger partial charge in [-0.1, -0.05) is 6.92 Å². The fraction of sp³-hybridized carbons (Fsp3) is 0.765. The van der Waals surface area contributed by atoms with Crippen LogP contribution in [0.3, 0.4) is 0 Å². The number of fused-ring (bicyclic) bond motifs is 1. The maximum absolute atomic E-state index is 12.3. The molecule has 3 heterocycles. The van der Waals surface area contributed by atoms with Gasteiger partial charge in [-0.05, 0) is 6.42 Å². The number of hydrogen-bond acceptors (Lipinski definition) is 6. The Bertz CT molecular complexity index is 815. The minimum Gasteiger partial charge on any atom is -0.475 e. The van der Waals surface area contributed by atoms with Crippen molar-refractivity contribution in [3.05, 3.63) is 18.0 Å². The summed E-state index contributed by atoms with van der Waals surface area (Å²) in [7, 11) is -1.22. The Hall–Kier alpha value is -1.70. The first kappa shape index (κ1) is 24.6. The van der Waals surface area contributed by atoms with Crippen molar-refractivity contribution in [1.29, 1.82) is 0 Å². The van der Waals surface area contributed by atoms with Crippen molar-refractivity contribution in [2.75, 3.05) is 38.5 Å². The molecule has 3 rings (SSSR count). The summed E-state index contributed by atoms with van der Waals surface area (Å²) in [5.74, 6) is -2.28. The van der Waals surface area contributed by atoms with Gasteiger partial charge in [0.15, 0.2) is 0 Å². The molecular weight excluding hydrogens is 429 g/mol. The maximum atomic E-state index is 12.3. The first-order valence-corrected chi connectivity index (χ1v) is 11.1. The number of ether oxygens (including phenoxy) is 1. The Morgan fingerprint density at radius 1 is 1.33 bits per heavy atom. The lowest BCUT2D eigenvalue weighted by molar-refractivity contribution is -0.192. The summed E-state index contributed by atoms with van der Waals surface area (Å²) >= 11 is 0. The zero-order chi connectivity index (χ0) is 22.5. The van der Waals surface area contributed by atoms with Crippen LogP contribution in [-0.2, 0) is 33.1 Å². The van der Waals surface area contributed by atoms with Crippen molar-refractivity contribution in [2.24, 2.45) is 13.0 Å². The molecule has 2 atom stereocenters. The molecule has 13 heteroatoms. The van der Waals surface area contributed by atoms with Gasteiger partial charge in [0.25, 0.3) is 0 Å². The average Bonchev–Trinajstić information content (AvgIpc) is 3.16. The number of carboxylic acids is 1. The highest BCUT2D eigenvalue weighted by Crippen LogP contribution is 2.26. The van der Waals surface area contributed by atoms with Gasteiger partial charge in [-0.2, -0.15) is 22.6 Å². The molecule has 172 valence electrons. The SMILES string of the molecule is CCCS(=O)(=O)N1C[C@@H]2CN(Cc3cnn(C)c3)CCO[C@@H]2C1.O=C(O)C(F)(F)F. The van der Waals surface area contributed by atoms with E-state index in [1.54, 1.807) is 8.99 Å². The third kappa shape index (κ3) is 6.93. The van der Waals surface area contributed by atoms with Crippen LogP contribution in [0.4, 0.5) is 13.2 Å².